The molecule has 0 spiro atoms. The van der Waals surface area contributed by atoms with Gasteiger partial charge in [0.05, 0.1) is 12.8 Å². The zero-order valence-electron chi connectivity index (χ0n) is 12.1. The summed E-state index contributed by atoms with van der Waals surface area (Å²) < 4.78 is 12.1. The fourth-order valence-corrected chi connectivity index (χ4v) is 3.07. The predicted molar refractivity (Wildman–Crippen MR) is 87.5 cm³/mol. The van der Waals surface area contributed by atoms with Gasteiger partial charge < -0.3 is 15.2 Å². The van der Waals surface area contributed by atoms with Crippen LogP contribution in [0.4, 0.5) is 0 Å². The molecule has 1 aliphatic heterocycles. The molecule has 1 aromatic carbocycles. The molecular formula is C16H16BrN3O2. The largest absolute Gasteiger partial charge is 0.466 e. The van der Waals surface area contributed by atoms with E-state index in [1.165, 1.54) is 0 Å². The van der Waals surface area contributed by atoms with Crippen LogP contribution in [-0.2, 0) is 4.74 Å². The second-order valence-electron chi connectivity index (χ2n) is 5.20. The molecule has 0 fully saturated rings. The molecule has 0 aliphatic carbocycles. The Morgan fingerprint density at radius 2 is 2.14 bits per heavy atom. The number of aromatic nitrogens is 1. The second-order valence-corrected chi connectivity index (χ2v) is 6.12. The number of rotatable bonds is 3. The Balaban J connectivity index is 1.99. The first-order valence-electron chi connectivity index (χ1n) is 6.95. The van der Waals surface area contributed by atoms with Gasteiger partial charge in [-0.15, -0.1) is 0 Å². The molecule has 0 saturated carbocycles. The van der Waals surface area contributed by atoms with Crippen LogP contribution in [0.2, 0.25) is 0 Å². The van der Waals surface area contributed by atoms with Crippen LogP contribution in [0, 0.1) is 12.3 Å². The monoisotopic (exact) mass is 361 g/mol. The van der Waals surface area contributed by atoms with Crippen LogP contribution in [-0.4, -0.2) is 17.6 Å². The highest BCUT2D eigenvalue weighted by Crippen LogP contribution is 2.46. The molecule has 0 bridgehead atoms. The van der Waals surface area contributed by atoms with Crippen molar-refractivity contribution in [2.24, 2.45) is 5.73 Å². The third-order valence-electron chi connectivity index (χ3n) is 3.64. The number of benzene rings is 1. The number of hydrogen-bond donors (Lipinski definition) is 2. The maximum atomic E-state index is 7.18. The van der Waals surface area contributed by atoms with Crippen LogP contribution in [0.25, 0.3) is 0 Å². The summed E-state index contributed by atoms with van der Waals surface area (Å²) in [5.74, 6) is 1.72. The second kappa shape index (κ2) is 5.96. The summed E-state index contributed by atoms with van der Waals surface area (Å²) in [4.78, 5) is 4.31. The lowest BCUT2D eigenvalue weighted by atomic mass is 9.86. The molecule has 0 radical (unpaired) electrons. The van der Waals surface area contributed by atoms with Crippen molar-refractivity contribution in [3.63, 3.8) is 0 Å². The Bertz CT molecular complexity index is 682. The van der Waals surface area contributed by atoms with E-state index in [0.717, 1.165) is 32.8 Å². The van der Waals surface area contributed by atoms with Gasteiger partial charge in [0.25, 0.3) is 6.02 Å². The maximum absolute atomic E-state index is 7.18. The highest BCUT2D eigenvalue weighted by Gasteiger charge is 2.28. The van der Waals surface area contributed by atoms with Crippen molar-refractivity contribution in [1.29, 1.82) is 5.41 Å². The van der Waals surface area contributed by atoms with Crippen molar-refractivity contribution in [2.75, 3.05) is 6.61 Å². The van der Waals surface area contributed by atoms with Crippen LogP contribution >= 0.6 is 15.9 Å². The van der Waals surface area contributed by atoms with E-state index in [0.29, 0.717) is 13.0 Å². The van der Waals surface area contributed by atoms with Gasteiger partial charge in [0.2, 0.25) is 0 Å². The smallest absolute Gasteiger partial charge is 0.278 e. The van der Waals surface area contributed by atoms with E-state index < -0.39 is 0 Å². The van der Waals surface area contributed by atoms with E-state index in [1.54, 1.807) is 6.20 Å². The zero-order chi connectivity index (χ0) is 15.7. The molecule has 22 heavy (non-hydrogen) atoms. The molecule has 5 nitrogen and oxygen atoms in total. The van der Waals surface area contributed by atoms with Gasteiger partial charge in [-0.3, -0.25) is 10.4 Å². The molecule has 1 aliphatic rings. The minimum absolute atomic E-state index is 0.122. The average molecular weight is 362 g/mol. The van der Waals surface area contributed by atoms with E-state index in [4.69, 9.17) is 20.6 Å². The van der Waals surface area contributed by atoms with Gasteiger partial charge in [-0.05, 0) is 37.6 Å². The molecule has 1 aromatic heterocycles. The molecule has 3 rings (SSSR count). The number of hydrogen-bond acceptors (Lipinski definition) is 4. The van der Waals surface area contributed by atoms with E-state index in [9.17, 15) is 0 Å². The number of aryl methyl sites for hydroxylation is 1. The number of amidine groups is 1. The molecule has 1 atom stereocenters. The van der Waals surface area contributed by atoms with Gasteiger partial charge in [0, 0.05) is 27.2 Å². The summed E-state index contributed by atoms with van der Waals surface area (Å²) in [6.45, 7) is 2.34. The third-order valence-corrected chi connectivity index (χ3v) is 4.13. The van der Waals surface area contributed by atoms with Crippen LogP contribution in [0.1, 0.15) is 29.2 Å². The summed E-state index contributed by atoms with van der Waals surface area (Å²) in [6.07, 6.45) is 2.47. The average Bonchev–Trinajstić information content (AvgIpc) is 2.47. The molecule has 0 saturated heterocycles. The van der Waals surface area contributed by atoms with Crippen LogP contribution < -0.4 is 10.5 Å². The van der Waals surface area contributed by atoms with Crippen molar-refractivity contribution in [2.45, 2.75) is 19.3 Å². The maximum Gasteiger partial charge on any atom is 0.278 e. The lowest BCUT2D eigenvalue weighted by Crippen LogP contribution is -2.18. The SMILES string of the molecule is Cc1cc2c(cn1)Oc1ccc(Br)cc1C2CCOC(=N)N. The minimum atomic E-state index is -0.257. The van der Waals surface area contributed by atoms with Gasteiger partial charge >= 0.3 is 0 Å². The van der Waals surface area contributed by atoms with Crippen molar-refractivity contribution in [3.8, 4) is 11.5 Å². The number of ether oxygens (including phenoxy) is 2. The number of fused-ring (bicyclic) bond motifs is 2. The summed E-state index contributed by atoms with van der Waals surface area (Å²) in [5.41, 5.74) is 8.39. The fraction of sp³-hybridized carbons (Fsp3) is 0.250. The Kier molecular flexibility index (Phi) is 4.02. The van der Waals surface area contributed by atoms with Gasteiger partial charge in [0.1, 0.15) is 11.5 Å². The molecule has 6 heteroatoms. The summed E-state index contributed by atoms with van der Waals surface area (Å²) >= 11 is 3.51. The van der Waals surface area contributed by atoms with Crippen molar-refractivity contribution in [3.05, 3.63) is 51.8 Å². The first-order valence-corrected chi connectivity index (χ1v) is 7.74. The molecule has 114 valence electrons. The normalized spacial score (nSPS) is 15.5. The molecule has 0 amide bonds. The molecule has 2 heterocycles. The Morgan fingerprint density at radius 1 is 1.36 bits per heavy atom. The van der Waals surface area contributed by atoms with Gasteiger partial charge in [-0.25, -0.2) is 0 Å². The van der Waals surface area contributed by atoms with E-state index in [-0.39, 0.29) is 11.9 Å². The predicted octanol–water partition coefficient (Wildman–Crippen LogP) is 3.69. The third kappa shape index (κ3) is 2.92. The van der Waals surface area contributed by atoms with Crippen molar-refractivity contribution in [1.82, 2.24) is 4.98 Å². The standard InChI is InChI=1S/C16H16BrN3O2/c1-9-6-12-11(4-5-21-16(18)19)13-7-10(17)2-3-14(13)22-15(12)8-20-9/h2-3,6-8,11H,4-5H2,1H3,(H3,18,19). The summed E-state index contributed by atoms with van der Waals surface area (Å²) in [7, 11) is 0. The van der Waals surface area contributed by atoms with E-state index >= 15 is 0 Å². The topological polar surface area (TPSA) is 81.2 Å². The molecule has 1 unspecified atom stereocenters. The summed E-state index contributed by atoms with van der Waals surface area (Å²) in [6, 6.07) is 7.74. The van der Waals surface area contributed by atoms with Crippen molar-refractivity contribution < 1.29 is 9.47 Å². The van der Waals surface area contributed by atoms with E-state index in [2.05, 4.69) is 27.0 Å². The Morgan fingerprint density at radius 3 is 2.91 bits per heavy atom. The number of nitrogens with zero attached hydrogens (tertiary/aromatic N) is 1. The first kappa shape index (κ1) is 14.8. The number of pyridine rings is 1. The minimum Gasteiger partial charge on any atom is -0.466 e. The van der Waals surface area contributed by atoms with Crippen LogP contribution in [0.5, 0.6) is 11.5 Å². The van der Waals surface area contributed by atoms with Gasteiger partial charge in [0.15, 0.2) is 0 Å². The lowest BCUT2D eigenvalue weighted by molar-refractivity contribution is 0.280. The Labute approximate surface area is 137 Å². The number of nitrogens with one attached hydrogen (secondary N) is 1. The molecule has 3 N–H and O–H groups in total. The first-order chi connectivity index (χ1) is 10.5. The summed E-state index contributed by atoms with van der Waals surface area (Å²) in [5, 5.41) is 7.18. The van der Waals surface area contributed by atoms with Gasteiger partial charge in [-0.1, -0.05) is 15.9 Å². The van der Waals surface area contributed by atoms with Crippen molar-refractivity contribution >= 4 is 22.0 Å². The fourth-order valence-electron chi connectivity index (χ4n) is 2.69. The highest BCUT2D eigenvalue weighted by molar-refractivity contribution is 9.10. The van der Waals surface area contributed by atoms with Gasteiger partial charge in [-0.2, -0.15) is 0 Å². The Hall–Kier alpha value is -2.08. The zero-order valence-corrected chi connectivity index (χ0v) is 13.7. The molecular weight excluding hydrogens is 346 g/mol. The number of halogens is 1. The number of nitrogens with two attached hydrogens (primary N) is 1. The van der Waals surface area contributed by atoms with Crippen LogP contribution in [0.15, 0.2) is 34.9 Å². The highest BCUT2D eigenvalue weighted by atomic mass is 79.9. The van der Waals surface area contributed by atoms with Crippen LogP contribution in [0.3, 0.4) is 0 Å². The van der Waals surface area contributed by atoms with E-state index in [1.807, 2.05) is 25.1 Å². The molecule has 2 aromatic rings. The lowest BCUT2D eigenvalue weighted by Gasteiger charge is -2.28. The quantitative estimate of drug-likeness (QED) is 0.645.